The monoisotopic (exact) mass is 238 g/mol. The van der Waals surface area contributed by atoms with E-state index >= 15 is 0 Å². The van der Waals surface area contributed by atoms with Crippen LogP contribution in [0.25, 0.3) is 0 Å². The van der Waals surface area contributed by atoms with E-state index in [2.05, 4.69) is 0 Å². The van der Waals surface area contributed by atoms with Crippen molar-refractivity contribution < 1.29 is 18.7 Å². The van der Waals surface area contributed by atoms with Crippen LogP contribution in [0.4, 0.5) is 4.39 Å². The first kappa shape index (κ1) is 13.4. The normalized spacial score (nSPS) is 10.1. The van der Waals surface area contributed by atoms with Crippen LogP contribution in [-0.2, 0) is 9.53 Å². The summed E-state index contributed by atoms with van der Waals surface area (Å²) >= 11 is 0. The molecule has 3 nitrogen and oxygen atoms in total. The number of hydrogen-bond donors (Lipinski definition) is 0. The fourth-order valence-electron chi connectivity index (χ4n) is 1.44. The average molecular weight is 238 g/mol. The summed E-state index contributed by atoms with van der Waals surface area (Å²) in [6, 6.07) is 4.34. The zero-order chi connectivity index (χ0) is 12.8. The molecule has 92 valence electrons. The molecule has 0 aliphatic rings. The van der Waals surface area contributed by atoms with Crippen molar-refractivity contribution in [1.29, 1.82) is 0 Å². The van der Waals surface area contributed by atoms with E-state index in [0.29, 0.717) is 0 Å². The van der Waals surface area contributed by atoms with Crippen LogP contribution in [-0.4, -0.2) is 18.4 Å². The SMILES string of the molecule is CCOC(=O)CCC(=O)c1cc(C)ccc1F. The van der Waals surface area contributed by atoms with Gasteiger partial charge in [0.2, 0.25) is 0 Å². The van der Waals surface area contributed by atoms with Gasteiger partial charge in [0.05, 0.1) is 18.6 Å². The lowest BCUT2D eigenvalue weighted by Crippen LogP contribution is -2.09. The average Bonchev–Trinajstić information content (AvgIpc) is 2.29. The minimum absolute atomic E-state index is 0.0138. The number of carbonyl (C=O) groups is 2. The number of rotatable bonds is 5. The zero-order valence-corrected chi connectivity index (χ0v) is 9.96. The summed E-state index contributed by atoms with van der Waals surface area (Å²) < 4.78 is 18.1. The number of hydrogen-bond acceptors (Lipinski definition) is 3. The smallest absolute Gasteiger partial charge is 0.306 e. The Hall–Kier alpha value is -1.71. The van der Waals surface area contributed by atoms with E-state index in [1.807, 2.05) is 0 Å². The van der Waals surface area contributed by atoms with E-state index in [0.717, 1.165) is 5.56 Å². The van der Waals surface area contributed by atoms with Gasteiger partial charge in [-0.2, -0.15) is 0 Å². The predicted molar refractivity (Wildman–Crippen MR) is 61.3 cm³/mol. The largest absolute Gasteiger partial charge is 0.466 e. The second-order valence-electron chi connectivity index (χ2n) is 3.71. The Labute approximate surface area is 99.6 Å². The van der Waals surface area contributed by atoms with Crippen molar-refractivity contribution in [2.45, 2.75) is 26.7 Å². The summed E-state index contributed by atoms with van der Waals surface area (Å²) in [4.78, 5) is 22.7. The van der Waals surface area contributed by atoms with Gasteiger partial charge in [-0.3, -0.25) is 9.59 Å². The Morgan fingerprint density at radius 2 is 2.00 bits per heavy atom. The summed E-state index contributed by atoms with van der Waals surface area (Å²) in [5, 5.41) is 0. The number of esters is 1. The van der Waals surface area contributed by atoms with Crippen LogP contribution in [0.1, 0.15) is 35.7 Å². The van der Waals surface area contributed by atoms with Crippen LogP contribution in [0, 0.1) is 12.7 Å². The van der Waals surface area contributed by atoms with Crippen molar-refractivity contribution in [2.75, 3.05) is 6.61 Å². The van der Waals surface area contributed by atoms with Gasteiger partial charge >= 0.3 is 5.97 Å². The highest BCUT2D eigenvalue weighted by Crippen LogP contribution is 2.13. The summed E-state index contributed by atoms with van der Waals surface area (Å²) in [7, 11) is 0. The first-order valence-corrected chi connectivity index (χ1v) is 5.49. The second kappa shape index (κ2) is 6.13. The van der Waals surface area contributed by atoms with Crippen molar-refractivity contribution >= 4 is 11.8 Å². The van der Waals surface area contributed by atoms with Crippen molar-refractivity contribution in [3.8, 4) is 0 Å². The minimum Gasteiger partial charge on any atom is -0.466 e. The van der Waals surface area contributed by atoms with Crippen molar-refractivity contribution in [1.82, 2.24) is 0 Å². The number of aryl methyl sites for hydroxylation is 1. The third-order valence-corrected chi connectivity index (χ3v) is 2.28. The predicted octanol–water partition coefficient (Wildman–Crippen LogP) is 2.66. The van der Waals surface area contributed by atoms with Crippen LogP contribution in [0.3, 0.4) is 0 Å². The third kappa shape index (κ3) is 3.98. The number of halogens is 1. The van der Waals surface area contributed by atoms with Gasteiger partial charge in [-0.25, -0.2) is 4.39 Å². The highest BCUT2D eigenvalue weighted by atomic mass is 19.1. The molecule has 0 saturated carbocycles. The van der Waals surface area contributed by atoms with E-state index in [1.54, 1.807) is 19.9 Å². The highest BCUT2D eigenvalue weighted by Gasteiger charge is 2.13. The van der Waals surface area contributed by atoms with Crippen LogP contribution < -0.4 is 0 Å². The first-order chi connectivity index (χ1) is 8.04. The second-order valence-corrected chi connectivity index (χ2v) is 3.71. The molecule has 0 fully saturated rings. The first-order valence-electron chi connectivity index (χ1n) is 5.49. The lowest BCUT2D eigenvalue weighted by atomic mass is 10.0. The lowest BCUT2D eigenvalue weighted by molar-refractivity contribution is -0.143. The standard InChI is InChI=1S/C13H15FO3/c1-3-17-13(16)7-6-12(15)10-8-9(2)4-5-11(10)14/h4-5,8H,3,6-7H2,1-2H3. The molecule has 1 aromatic rings. The van der Waals surface area contributed by atoms with E-state index < -0.39 is 11.8 Å². The molecule has 0 aliphatic carbocycles. The van der Waals surface area contributed by atoms with Gasteiger partial charge in [0, 0.05) is 6.42 Å². The topological polar surface area (TPSA) is 43.4 Å². The highest BCUT2D eigenvalue weighted by molar-refractivity contribution is 5.97. The quantitative estimate of drug-likeness (QED) is 0.585. The van der Waals surface area contributed by atoms with Crippen molar-refractivity contribution in [2.24, 2.45) is 0 Å². The Kier molecular flexibility index (Phi) is 4.82. The molecular weight excluding hydrogens is 223 g/mol. The molecule has 0 amide bonds. The van der Waals surface area contributed by atoms with E-state index in [1.165, 1.54) is 12.1 Å². The number of carbonyl (C=O) groups excluding carboxylic acids is 2. The molecule has 17 heavy (non-hydrogen) atoms. The maximum absolute atomic E-state index is 13.4. The molecule has 4 heteroatoms. The lowest BCUT2D eigenvalue weighted by Gasteiger charge is -2.04. The summed E-state index contributed by atoms with van der Waals surface area (Å²) in [6.07, 6.45) is -0.0424. The molecule has 0 radical (unpaired) electrons. The fourth-order valence-corrected chi connectivity index (χ4v) is 1.44. The Bertz CT molecular complexity index is 427. The van der Waals surface area contributed by atoms with E-state index in [-0.39, 0.29) is 30.8 Å². The molecule has 0 atom stereocenters. The molecule has 0 aliphatic heterocycles. The van der Waals surface area contributed by atoms with Gasteiger partial charge in [0.25, 0.3) is 0 Å². The maximum atomic E-state index is 13.4. The van der Waals surface area contributed by atoms with Crippen LogP contribution in [0.2, 0.25) is 0 Å². The summed E-state index contributed by atoms with van der Waals surface area (Å²) in [6.45, 7) is 3.76. The number of benzene rings is 1. The van der Waals surface area contributed by atoms with Crippen LogP contribution in [0.5, 0.6) is 0 Å². The Morgan fingerprint density at radius 1 is 1.29 bits per heavy atom. The molecule has 0 N–H and O–H groups in total. The van der Waals surface area contributed by atoms with Gasteiger partial charge in [-0.05, 0) is 26.0 Å². The summed E-state index contributed by atoms with van der Waals surface area (Å²) in [5.74, 6) is -1.36. The van der Waals surface area contributed by atoms with Gasteiger partial charge in [0.1, 0.15) is 5.82 Å². The zero-order valence-electron chi connectivity index (χ0n) is 9.96. The number of Topliss-reactive ketones (excluding diaryl/α,β-unsaturated/α-hetero) is 1. The number of ketones is 1. The Morgan fingerprint density at radius 3 is 2.65 bits per heavy atom. The van der Waals surface area contributed by atoms with Gasteiger partial charge < -0.3 is 4.74 Å². The van der Waals surface area contributed by atoms with Crippen molar-refractivity contribution in [3.63, 3.8) is 0 Å². The molecule has 1 rings (SSSR count). The van der Waals surface area contributed by atoms with Crippen LogP contribution >= 0.6 is 0 Å². The molecule has 0 bridgehead atoms. The summed E-state index contributed by atoms with van der Waals surface area (Å²) in [5.41, 5.74) is 0.847. The van der Waals surface area contributed by atoms with Crippen molar-refractivity contribution in [3.05, 3.63) is 35.1 Å². The molecular formula is C13H15FO3. The van der Waals surface area contributed by atoms with E-state index in [4.69, 9.17) is 4.74 Å². The molecule has 1 aromatic carbocycles. The molecule has 0 heterocycles. The van der Waals surface area contributed by atoms with Gasteiger partial charge in [0.15, 0.2) is 5.78 Å². The molecule has 0 unspecified atom stereocenters. The molecule has 0 saturated heterocycles. The maximum Gasteiger partial charge on any atom is 0.306 e. The third-order valence-electron chi connectivity index (χ3n) is 2.28. The van der Waals surface area contributed by atoms with Gasteiger partial charge in [-0.1, -0.05) is 11.6 Å². The minimum atomic E-state index is -0.551. The molecule has 0 spiro atoms. The van der Waals surface area contributed by atoms with Crippen LogP contribution in [0.15, 0.2) is 18.2 Å². The number of ether oxygens (including phenoxy) is 1. The fraction of sp³-hybridized carbons (Fsp3) is 0.385. The molecule has 0 aromatic heterocycles. The van der Waals surface area contributed by atoms with Gasteiger partial charge in [-0.15, -0.1) is 0 Å². The Balaban J connectivity index is 2.64. The van der Waals surface area contributed by atoms with E-state index in [9.17, 15) is 14.0 Å².